The van der Waals surface area contributed by atoms with E-state index in [2.05, 4.69) is 18.5 Å². The standard InChI is InChI=1S/C28H37NO4/c1-3-5-6-9-20-32-27-18-14-25(15-19-27)29-23-24-12-16-26(17-13-24)31-21-10-7-8-11-22-33-28(30)4-2/h4,12-19,23H,2-3,5-11,20-22H2,1H3. The van der Waals surface area contributed by atoms with Crippen LogP contribution < -0.4 is 9.47 Å². The minimum atomic E-state index is -0.358. The average molecular weight is 452 g/mol. The van der Waals surface area contributed by atoms with Gasteiger partial charge in [0, 0.05) is 12.3 Å². The molecule has 0 fully saturated rings. The molecule has 0 aliphatic heterocycles. The Bertz CT molecular complexity index is 828. The summed E-state index contributed by atoms with van der Waals surface area (Å²) in [7, 11) is 0. The number of hydrogen-bond donors (Lipinski definition) is 0. The van der Waals surface area contributed by atoms with E-state index in [1.165, 1.54) is 25.3 Å². The molecular formula is C28H37NO4. The molecule has 0 saturated heterocycles. The first kappa shape index (κ1) is 26.2. The van der Waals surface area contributed by atoms with E-state index in [0.29, 0.717) is 13.2 Å². The van der Waals surface area contributed by atoms with Crippen LogP contribution in [-0.4, -0.2) is 32.0 Å². The normalized spacial score (nSPS) is 10.8. The number of rotatable bonds is 17. The Balaban J connectivity index is 1.62. The highest BCUT2D eigenvalue weighted by molar-refractivity contribution is 5.82. The lowest BCUT2D eigenvalue weighted by Crippen LogP contribution is -2.02. The number of carbonyl (C=O) groups is 1. The predicted octanol–water partition coefficient (Wildman–Crippen LogP) is 7.06. The van der Waals surface area contributed by atoms with Crippen LogP contribution in [0.15, 0.2) is 66.2 Å². The summed E-state index contributed by atoms with van der Waals surface area (Å²) in [6.07, 6.45) is 11.7. The Morgan fingerprint density at radius 1 is 0.788 bits per heavy atom. The van der Waals surface area contributed by atoms with Crippen LogP contribution in [0.5, 0.6) is 11.5 Å². The van der Waals surface area contributed by atoms with Crippen LogP contribution in [0.4, 0.5) is 5.69 Å². The van der Waals surface area contributed by atoms with E-state index in [1.807, 2.05) is 54.7 Å². The molecule has 2 rings (SSSR count). The molecule has 5 heteroatoms. The van der Waals surface area contributed by atoms with Crippen LogP contribution >= 0.6 is 0 Å². The average Bonchev–Trinajstić information content (AvgIpc) is 2.85. The number of benzene rings is 2. The maximum absolute atomic E-state index is 10.9. The molecule has 0 unspecified atom stereocenters. The smallest absolute Gasteiger partial charge is 0.330 e. The lowest BCUT2D eigenvalue weighted by Gasteiger charge is -2.07. The number of ether oxygens (including phenoxy) is 3. The molecule has 0 radical (unpaired) electrons. The molecule has 0 spiro atoms. The lowest BCUT2D eigenvalue weighted by atomic mass is 10.2. The van der Waals surface area contributed by atoms with E-state index in [9.17, 15) is 4.79 Å². The van der Waals surface area contributed by atoms with Gasteiger partial charge in [0.15, 0.2) is 0 Å². The molecule has 0 bridgehead atoms. The van der Waals surface area contributed by atoms with Crippen LogP contribution in [0.25, 0.3) is 0 Å². The Morgan fingerprint density at radius 3 is 1.91 bits per heavy atom. The summed E-state index contributed by atoms with van der Waals surface area (Å²) in [5.41, 5.74) is 1.92. The van der Waals surface area contributed by atoms with Gasteiger partial charge in [0.2, 0.25) is 0 Å². The zero-order chi connectivity index (χ0) is 23.6. The zero-order valence-corrected chi connectivity index (χ0v) is 19.8. The summed E-state index contributed by atoms with van der Waals surface area (Å²) in [5, 5.41) is 0. The number of hydrogen-bond acceptors (Lipinski definition) is 5. The van der Waals surface area contributed by atoms with Crippen molar-refractivity contribution in [2.24, 2.45) is 4.99 Å². The quantitative estimate of drug-likeness (QED) is 0.112. The molecule has 0 aliphatic carbocycles. The Labute approximate surface area is 198 Å². The van der Waals surface area contributed by atoms with Gasteiger partial charge in [0.25, 0.3) is 0 Å². The summed E-state index contributed by atoms with van der Waals surface area (Å²) in [5.74, 6) is 1.39. The van der Waals surface area contributed by atoms with Crippen molar-refractivity contribution in [2.75, 3.05) is 19.8 Å². The number of esters is 1. The molecule has 0 aromatic heterocycles. The van der Waals surface area contributed by atoms with Crippen molar-refractivity contribution >= 4 is 17.9 Å². The van der Waals surface area contributed by atoms with E-state index in [4.69, 9.17) is 14.2 Å². The van der Waals surface area contributed by atoms with Gasteiger partial charge in [-0.15, -0.1) is 0 Å². The first-order chi connectivity index (χ1) is 16.2. The van der Waals surface area contributed by atoms with Crippen LogP contribution in [0.1, 0.15) is 63.9 Å². The van der Waals surface area contributed by atoms with Crippen molar-refractivity contribution in [3.05, 3.63) is 66.7 Å². The Morgan fingerprint density at radius 2 is 1.33 bits per heavy atom. The highest BCUT2D eigenvalue weighted by Gasteiger charge is 1.98. The number of nitrogens with zero attached hydrogens (tertiary/aromatic N) is 1. The molecule has 0 N–H and O–H groups in total. The van der Waals surface area contributed by atoms with Crippen molar-refractivity contribution in [2.45, 2.75) is 58.3 Å². The maximum atomic E-state index is 10.9. The summed E-state index contributed by atoms with van der Waals surface area (Å²) in [4.78, 5) is 15.5. The summed E-state index contributed by atoms with van der Waals surface area (Å²) in [6.45, 7) is 7.48. The van der Waals surface area contributed by atoms with E-state index in [1.54, 1.807) is 0 Å². The van der Waals surface area contributed by atoms with E-state index < -0.39 is 0 Å². The monoisotopic (exact) mass is 451 g/mol. The topological polar surface area (TPSA) is 57.1 Å². The van der Waals surface area contributed by atoms with Gasteiger partial charge in [-0.3, -0.25) is 4.99 Å². The van der Waals surface area contributed by atoms with Gasteiger partial charge in [-0.1, -0.05) is 32.8 Å². The van der Waals surface area contributed by atoms with Gasteiger partial charge in [-0.2, -0.15) is 0 Å². The van der Waals surface area contributed by atoms with Crippen molar-refractivity contribution in [1.82, 2.24) is 0 Å². The van der Waals surface area contributed by atoms with Crippen molar-refractivity contribution in [1.29, 1.82) is 0 Å². The van der Waals surface area contributed by atoms with Crippen LogP contribution in [0.2, 0.25) is 0 Å². The van der Waals surface area contributed by atoms with Crippen molar-refractivity contribution < 1.29 is 19.0 Å². The number of carbonyl (C=O) groups excluding carboxylic acids is 1. The third-order valence-electron chi connectivity index (χ3n) is 5.06. The van der Waals surface area contributed by atoms with E-state index in [0.717, 1.165) is 61.5 Å². The number of unbranched alkanes of at least 4 members (excludes halogenated alkanes) is 6. The van der Waals surface area contributed by atoms with Crippen LogP contribution in [-0.2, 0) is 9.53 Å². The second kappa shape index (κ2) is 16.5. The fraction of sp³-hybridized carbons (Fsp3) is 0.429. The molecular weight excluding hydrogens is 414 g/mol. The third kappa shape index (κ3) is 11.9. The summed E-state index contributed by atoms with van der Waals surface area (Å²) in [6, 6.07) is 15.8. The van der Waals surface area contributed by atoms with Gasteiger partial charge in [0.1, 0.15) is 11.5 Å². The molecule has 0 atom stereocenters. The molecule has 0 amide bonds. The highest BCUT2D eigenvalue weighted by Crippen LogP contribution is 2.19. The molecule has 2 aromatic rings. The number of aliphatic imine (C=N–C) groups is 1. The van der Waals surface area contributed by atoms with Gasteiger partial charge in [-0.25, -0.2) is 4.79 Å². The first-order valence-corrected chi connectivity index (χ1v) is 12.0. The van der Waals surface area contributed by atoms with Gasteiger partial charge in [-0.05, 0) is 86.2 Å². The van der Waals surface area contributed by atoms with Gasteiger partial charge in [0.05, 0.1) is 25.5 Å². The molecule has 0 aliphatic rings. The zero-order valence-electron chi connectivity index (χ0n) is 19.8. The fourth-order valence-electron chi connectivity index (χ4n) is 3.13. The van der Waals surface area contributed by atoms with Crippen molar-refractivity contribution in [3.63, 3.8) is 0 Å². The summed E-state index contributed by atoms with van der Waals surface area (Å²) < 4.78 is 16.5. The molecule has 2 aromatic carbocycles. The second-order valence-electron chi connectivity index (χ2n) is 7.86. The van der Waals surface area contributed by atoms with Crippen LogP contribution in [0, 0.1) is 0 Å². The SMILES string of the molecule is C=CC(=O)OCCCCCCOc1ccc(C=Nc2ccc(OCCCCCC)cc2)cc1. The molecule has 5 nitrogen and oxygen atoms in total. The minimum Gasteiger partial charge on any atom is -0.494 e. The molecule has 0 heterocycles. The first-order valence-electron chi connectivity index (χ1n) is 12.0. The predicted molar refractivity (Wildman–Crippen MR) is 135 cm³/mol. The summed E-state index contributed by atoms with van der Waals surface area (Å²) >= 11 is 0. The van der Waals surface area contributed by atoms with Gasteiger partial charge < -0.3 is 14.2 Å². The molecule has 0 saturated carbocycles. The van der Waals surface area contributed by atoms with E-state index >= 15 is 0 Å². The Kier molecular flexibility index (Phi) is 13.1. The second-order valence-corrected chi connectivity index (χ2v) is 7.86. The molecule has 178 valence electrons. The van der Waals surface area contributed by atoms with Crippen LogP contribution in [0.3, 0.4) is 0 Å². The largest absolute Gasteiger partial charge is 0.494 e. The maximum Gasteiger partial charge on any atom is 0.330 e. The molecule has 33 heavy (non-hydrogen) atoms. The lowest BCUT2D eigenvalue weighted by molar-refractivity contribution is -0.137. The fourth-order valence-corrected chi connectivity index (χ4v) is 3.13. The Hall–Kier alpha value is -3.08. The highest BCUT2D eigenvalue weighted by atomic mass is 16.5. The van der Waals surface area contributed by atoms with Crippen molar-refractivity contribution in [3.8, 4) is 11.5 Å². The van der Waals surface area contributed by atoms with E-state index in [-0.39, 0.29) is 5.97 Å². The van der Waals surface area contributed by atoms with Gasteiger partial charge >= 0.3 is 5.97 Å². The minimum absolute atomic E-state index is 0.358. The third-order valence-corrected chi connectivity index (χ3v) is 5.06.